The van der Waals surface area contributed by atoms with Gasteiger partial charge in [0.2, 0.25) is 0 Å². The lowest BCUT2D eigenvalue weighted by atomic mass is 10.3. The number of hydrogen-bond donors (Lipinski definition) is 2. The molecule has 106 valence electrons. The van der Waals surface area contributed by atoms with E-state index in [0.29, 0.717) is 0 Å². The fourth-order valence-corrected chi connectivity index (χ4v) is 5.03. The molecule has 21 heavy (non-hydrogen) atoms. The van der Waals surface area contributed by atoms with Crippen molar-refractivity contribution in [2.24, 2.45) is 0 Å². The van der Waals surface area contributed by atoms with Gasteiger partial charge in [-0.3, -0.25) is 4.21 Å². The predicted octanol–water partition coefficient (Wildman–Crippen LogP) is 3.89. The first-order chi connectivity index (χ1) is 10.2. The van der Waals surface area contributed by atoms with Crippen LogP contribution in [0, 0.1) is 0 Å². The average molecular weight is 296 g/mol. The minimum absolute atomic E-state index is 0.173. The summed E-state index contributed by atoms with van der Waals surface area (Å²) in [5.74, 6) is 0.173. The molecule has 0 atom stereocenters. The third-order valence-electron chi connectivity index (χ3n) is 3.45. The van der Waals surface area contributed by atoms with Crippen LogP contribution in [0.3, 0.4) is 0 Å². The van der Waals surface area contributed by atoms with Gasteiger partial charge in [-0.05, 0) is 58.5 Å². The SMILES string of the molecule is O=[SH](c1ccccc1)(c1ccccc1)c1ccc(O)cc1. The topological polar surface area (TPSA) is 37.3 Å². The number of aromatic hydroxyl groups is 1. The second kappa shape index (κ2) is 5.54. The van der Waals surface area contributed by atoms with Crippen LogP contribution < -0.4 is 0 Å². The fraction of sp³-hybridized carbons (Fsp3) is 0. The molecule has 3 rings (SSSR count). The van der Waals surface area contributed by atoms with Gasteiger partial charge in [-0.2, -0.15) is 0 Å². The summed E-state index contributed by atoms with van der Waals surface area (Å²) >= 11 is 0. The van der Waals surface area contributed by atoms with Crippen molar-refractivity contribution in [3.8, 4) is 5.75 Å². The predicted molar refractivity (Wildman–Crippen MR) is 85.3 cm³/mol. The molecule has 0 saturated carbocycles. The molecular weight excluding hydrogens is 280 g/mol. The van der Waals surface area contributed by atoms with Gasteiger partial charge in [0.15, 0.2) is 0 Å². The first kappa shape index (κ1) is 13.6. The van der Waals surface area contributed by atoms with Gasteiger partial charge < -0.3 is 5.11 Å². The van der Waals surface area contributed by atoms with Crippen molar-refractivity contribution in [3.05, 3.63) is 84.9 Å². The molecule has 2 nitrogen and oxygen atoms in total. The summed E-state index contributed by atoms with van der Waals surface area (Å²) in [5.41, 5.74) is 0. The second-order valence-electron chi connectivity index (χ2n) is 4.80. The second-order valence-corrected chi connectivity index (χ2v) is 7.56. The summed E-state index contributed by atoms with van der Waals surface area (Å²) in [6.07, 6.45) is 0. The molecule has 0 aliphatic rings. The zero-order chi connectivity index (χ0) is 14.7. The van der Waals surface area contributed by atoms with Crippen molar-refractivity contribution in [1.82, 2.24) is 0 Å². The summed E-state index contributed by atoms with van der Waals surface area (Å²) in [6.45, 7) is 0. The van der Waals surface area contributed by atoms with Gasteiger partial charge in [0, 0.05) is 14.7 Å². The van der Waals surface area contributed by atoms with Crippen LogP contribution in [0.25, 0.3) is 0 Å². The zero-order valence-corrected chi connectivity index (χ0v) is 12.3. The Labute approximate surface area is 125 Å². The standard InChI is InChI=1S/C18H16O2S/c19-15-11-13-18(14-12-15)21(20,16-7-3-1-4-8-16)17-9-5-2-6-10-17/h1-14,19,21H. The number of phenolic OH excluding ortho intramolecular Hbond substituents is 1. The maximum absolute atomic E-state index is 13.8. The van der Waals surface area contributed by atoms with E-state index in [4.69, 9.17) is 0 Å². The maximum atomic E-state index is 13.8. The van der Waals surface area contributed by atoms with Gasteiger partial charge in [-0.25, -0.2) is 0 Å². The molecule has 0 aliphatic carbocycles. The highest BCUT2D eigenvalue weighted by molar-refractivity contribution is 8.03. The van der Waals surface area contributed by atoms with Gasteiger partial charge in [-0.1, -0.05) is 36.4 Å². The molecule has 0 unspecified atom stereocenters. The van der Waals surface area contributed by atoms with Crippen molar-refractivity contribution in [2.45, 2.75) is 14.7 Å². The van der Waals surface area contributed by atoms with E-state index in [2.05, 4.69) is 0 Å². The van der Waals surface area contributed by atoms with E-state index in [0.717, 1.165) is 14.7 Å². The first-order valence-electron chi connectivity index (χ1n) is 6.72. The Morgan fingerprint density at radius 1 is 0.571 bits per heavy atom. The van der Waals surface area contributed by atoms with E-state index >= 15 is 0 Å². The van der Waals surface area contributed by atoms with E-state index in [9.17, 15) is 9.32 Å². The molecule has 3 aromatic carbocycles. The minimum atomic E-state index is -2.91. The number of thiol groups is 1. The van der Waals surface area contributed by atoms with Gasteiger partial charge in [0.05, 0.1) is 0 Å². The fourth-order valence-electron chi connectivity index (χ4n) is 2.39. The average Bonchev–Trinajstić information content (AvgIpc) is 2.56. The number of rotatable bonds is 3. The van der Waals surface area contributed by atoms with Crippen LogP contribution in [-0.2, 0) is 9.93 Å². The molecule has 0 fully saturated rings. The Morgan fingerprint density at radius 3 is 1.38 bits per heavy atom. The highest BCUT2D eigenvalue weighted by Gasteiger charge is 2.22. The Hall–Kier alpha value is -2.39. The van der Waals surface area contributed by atoms with Gasteiger partial charge in [-0.15, -0.1) is 0 Å². The normalized spacial score (nSPS) is 12.0. The molecule has 0 aliphatic heterocycles. The third-order valence-corrected chi connectivity index (χ3v) is 6.53. The monoisotopic (exact) mass is 296 g/mol. The van der Waals surface area contributed by atoms with Crippen LogP contribution in [-0.4, -0.2) is 9.32 Å². The Kier molecular flexibility index (Phi) is 3.59. The van der Waals surface area contributed by atoms with E-state index < -0.39 is 9.93 Å². The molecule has 0 aromatic heterocycles. The molecule has 0 saturated heterocycles. The van der Waals surface area contributed by atoms with Crippen LogP contribution in [0.2, 0.25) is 0 Å². The van der Waals surface area contributed by atoms with E-state index in [1.807, 2.05) is 60.7 Å². The van der Waals surface area contributed by atoms with Crippen LogP contribution in [0.5, 0.6) is 5.75 Å². The molecular formula is C18H16O2S. The molecule has 0 spiro atoms. The third kappa shape index (κ3) is 2.48. The molecule has 3 aromatic rings. The van der Waals surface area contributed by atoms with Crippen LogP contribution in [0.15, 0.2) is 99.6 Å². The van der Waals surface area contributed by atoms with Crippen molar-refractivity contribution < 1.29 is 9.32 Å². The Bertz CT molecular complexity index is 722. The minimum Gasteiger partial charge on any atom is -0.508 e. The summed E-state index contributed by atoms with van der Waals surface area (Å²) < 4.78 is 13.8. The van der Waals surface area contributed by atoms with E-state index in [1.54, 1.807) is 24.3 Å². The van der Waals surface area contributed by atoms with Crippen LogP contribution in [0.1, 0.15) is 0 Å². The molecule has 0 amide bonds. The van der Waals surface area contributed by atoms with Crippen LogP contribution >= 0.6 is 0 Å². The molecule has 0 bridgehead atoms. The summed E-state index contributed by atoms with van der Waals surface area (Å²) in [4.78, 5) is 2.31. The van der Waals surface area contributed by atoms with E-state index in [1.165, 1.54) is 0 Å². The van der Waals surface area contributed by atoms with E-state index in [-0.39, 0.29) is 5.75 Å². The highest BCUT2D eigenvalue weighted by atomic mass is 32.2. The summed E-state index contributed by atoms with van der Waals surface area (Å²) in [5, 5.41) is 9.47. The highest BCUT2D eigenvalue weighted by Crippen LogP contribution is 2.36. The largest absolute Gasteiger partial charge is 0.508 e. The van der Waals surface area contributed by atoms with Crippen LogP contribution in [0.4, 0.5) is 0 Å². The maximum Gasteiger partial charge on any atom is 0.115 e. The number of benzene rings is 3. The van der Waals surface area contributed by atoms with Gasteiger partial charge >= 0.3 is 0 Å². The lowest BCUT2D eigenvalue weighted by molar-refractivity contribution is 0.475. The smallest absolute Gasteiger partial charge is 0.115 e. The lowest BCUT2D eigenvalue weighted by Gasteiger charge is -2.25. The summed E-state index contributed by atoms with van der Waals surface area (Å²) in [6, 6.07) is 25.6. The Balaban J connectivity index is 2.26. The molecule has 1 N–H and O–H groups in total. The Morgan fingerprint density at radius 2 is 0.952 bits per heavy atom. The number of phenols is 1. The molecule has 0 radical (unpaired) electrons. The number of hydrogen-bond acceptors (Lipinski definition) is 2. The van der Waals surface area contributed by atoms with Gasteiger partial charge in [0.25, 0.3) is 0 Å². The van der Waals surface area contributed by atoms with Crippen molar-refractivity contribution in [1.29, 1.82) is 0 Å². The quantitative estimate of drug-likeness (QED) is 0.720. The first-order valence-corrected chi connectivity index (χ1v) is 8.43. The van der Waals surface area contributed by atoms with Crippen molar-refractivity contribution in [2.75, 3.05) is 0 Å². The molecule has 3 heteroatoms. The van der Waals surface area contributed by atoms with Crippen molar-refractivity contribution in [3.63, 3.8) is 0 Å². The molecule has 0 heterocycles. The lowest BCUT2D eigenvalue weighted by Crippen LogP contribution is -2.13. The van der Waals surface area contributed by atoms with Crippen molar-refractivity contribution >= 4 is 9.93 Å². The summed E-state index contributed by atoms with van der Waals surface area (Å²) in [7, 11) is -2.91. The van der Waals surface area contributed by atoms with Gasteiger partial charge in [0.1, 0.15) is 5.75 Å². The zero-order valence-electron chi connectivity index (χ0n) is 11.4.